The maximum atomic E-state index is 6.15. The Labute approximate surface area is 155 Å². The van der Waals surface area contributed by atoms with E-state index in [-0.39, 0.29) is 6.10 Å². The van der Waals surface area contributed by atoms with Crippen molar-refractivity contribution in [3.8, 4) is 17.2 Å². The molecule has 136 valence electrons. The first kappa shape index (κ1) is 19.4. The van der Waals surface area contributed by atoms with Crippen LogP contribution >= 0.6 is 11.6 Å². The van der Waals surface area contributed by atoms with Gasteiger partial charge >= 0.3 is 0 Å². The van der Waals surface area contributed by atoms with Crippen LogP contribution in [0.5, 0.6) is 17.2 Å². The van der Waals surface area contributed by atoms with Gasteiger partial charge in [-0.1, -0.05) is 29.8 Å². The molecule has 4 nitrogen and oxygen atoms in total. The molecular formula is C20H26ClNO3. The lowest BCUT2D eigenvalue weighted by molar-refractivity contribution is 0.239. The Hall–Kier alpha value is -1.91. The molecule has 0 saturated carbocycles. The van der Waals surface area contributed by atoms with Crippen LogP contribution in [0.4, 0.5) is 0 Å². The van der Waals surface area contributed by atoms with Crippen molar-refractivity contribution in [3.05, 3.63) is 52.5 Å². The second kappa shape index (κ2) is 9.54. The molecular weight excluding hydrogens is 338 g/mol. The Kier molecular flexibility index (Phi) is 7.41. The summed E-state index contributed by atoms with van der Waals surface area (Å²) in [5, 5.41) is 4.01. The van der Waals surface area contributed by atoms with Gasteiger partial charge in [-0.05, 0) is 44.5 Å². The minimum absolute atomic E-state index is 0.159. The predicted octanol–water partition coefficient (Wildman–Crippen LogP) is 4.48. The quantitative estimate of drug-likeness (QED) is 0.667. The summed E-state index contributed by atoms with van der Waals surface area (Å²) in [6.45, 7) is 5.61. The van der Waals surface area contributed by atoms with Crippen LogP contribution in [0.3, 0.4) is 0 Å². The largest absolute Gasteiger partial charge is 0.496 e. The zero-order valence-electron chi connectivity index (χ0n) is 15.3. The summed E-state index contributed by atoms with van der Waals surface area (Å²) in [7, 11) is 3.26. The SMILES string of the molecule is COc1cc(CCNCc2ccccc2OC(C)C)c(OC)cc1Cl. The van der Waals surface area contributed by atoms with E-state index in [4.69, 9.17) is 25.8 Å². The fourth-order valence-corrected chi connectivity index (χ4v) is 2.81. The third-order valence-electron chi connectivity index (χ3n) is 3.78. The van der Waals surface area contributed by atoms with Crippen molar-refractivity contribution in [3.63, 3.8) is 0 Å². The summed E-state index contributed by atoms with van der Waals surface area (Å²) in [6.07, 6.45) is 0.969. The first-order valence-electron chi connectivity index (χ1n) is 8.40. The number of nitrogens with one attached hydrogen (secondary N) is 1. The molecule has 0 unspecified atom stereocenters. The number of benzene rings is 2. The molecule has 2 aromatic carbocycles. The maximum Gasteiger partial charge on any atom is 0.137 e. The summed E-state index contributed by atoms with van der Waals surface area (Å²) in [6, 6.07) is 11.8. The summed E-state index contributed by atoms with van der Waals surface area (Å²) in [5.74, 6) is 2.36. The Morgan fingerprint density at radius 2 is 1.68 bits per heavy atom. The minimum atomic E-state index is 0.159. The van der Waals surface area contributed by atoms with Gasteiger partial charge in [0.25, 0.3) is 0 Å². The normalized spacial score (nSPS) is 10.8. The lowest BCUT2D eigenvalue weighted by atomic mass is 10.1. The van der Waals surface area contributed by atoms with E-state index in [0.29, 0.717) is 10.8 Å². The zero-order valence-corrected chi connectivity index (χ0v) is 16.0. The molecule has 0 heterocycles. The average molecular weight is 364 g/mol. The molecule has 0 aromatic heterocycles. The molecule has 2 aromatic rings. The van der Waals surface area contributed by atoms with Crippen molar-refractivity contribution in [2.45, 2.75) is 32.9 Å². The third-order valence-corrected chi connectivity index (χ3v) is 4.07. The Bertz CT molecular complexity index is 689. The first-order chi connectivity index (χ1) is 12.0. The van der Waals surface area contributed by atoms with Crippen molar-refractivity contribution in [1.29, 1.82) is 0 Å². The van der Waals surface area contributed by atoms with E-state index < -0.39 is 0 Å². The van der Waals surface area contributed by atoms with Crippen molar-refractivity contribution in [2.24, 2.45) is 0 Å². The number of halogens is 1. The highest BCUT2D eigenvalue weighted by molar-refractivity contribution is 6.32. The highest BCUT2D eigenvalue weighted by atomic mass is 35.5. The molecule has 0 saturated heterocycles. The van der Waals surface area contributed by atoms with E-state index in [1.54, 1.807) is 20.3 Å². The van der Waals surface area contributed by atoms with E-state index in [1.165, 1.54) is 0 Å². The molecule has 0 aliphatic carbocycles. The van der Waals surface area contributed by atoms with Gasteiger partial charge in [0, 0.05) is 18.2 Å². The molecule has 0 aliphatic rings. The second-order valence-electron chi connectivity index (χ2n) is 6.00. The van der Waals surface area contributed by atoms with Gasteiger partial charge in [-0.15, -0.1) is 0 Å². The zero-order chi connectivity index (χ0) is 18.2. The van der Waals surface area contributed by atoms with Gasteiger partial charge in [0.2, 0.25) is 0 Å². The molecule has 2 rings (SSSR count). The highest BCUT2D eigenvalue weighted by Gasteiger charge is 2.10. The molecule has 0 atom stereocenters. The molecule has 0 spiro atoms. The summed E-state index contributed by atoms with van der Waals surface area (Å²) in [4.78, 5) is 0. The summed E-state index contributed by atoms with van der Waals surface area (Å²) >= 11 is 6.15. The summed E-state index contributed by atoms with van der Waals surface area (Å²) < 4.78 is 16.6. The highest BCUT2D eigenvalue weighted by Crippen LogP contribution is 2.32. The number of rotatable bonds is 9. The van der Waals surface area contributed by atoms with Crippen LogP contribution in [0.15, 0.2) is 36.4 Å². The van der Waals surface area contributed by atoms with Crippen LogP contribution in [0.1, 0.15) is 25.0 Å². The van der Waals surface area contributed by atoms with Crippen LogP contribution in [0, 0.1) is 0 Å². The Morgan fingerprint density at radius 1 is 0.960 bits per heavy atom. The van der Waals surface area contributed by atoms with Gasteiger partial charge < -0.3 is 19.5 Å². The molecule has 0 radical (unpaired) electrons. The number of ether oxygens (including phenoxy) is 3. The molecule has 25 heavy (non-hydrogen) atoms. The van der Waals surface area contributed by atoms with E-state index in [9.17, 15) is 0 Å². The third kappa shape index (κ3) is 5.55. The van der Waals surface area contributed by atoms with E-state index in [2.05, 4.69) is 11.4 Å². The van der Waals surface area contributed by atoms with Gasteiger partial charge in [0.1, 0.15) is 17.2 Å². The smallest absolute Gasteiger partial charge is 0.137 e. The van der Waals surface area contributed by atoms with Gasteiger partial charge in [0.15, 0.2) is 0 Å². The number of methoxy groups -OCH3 is 2. The molecule has 0 bridgehead atoms. The van der Waals surface area contributed by atoms with E-state index in [0.717, 1.165) is 42.1 Å². The topological polar surface area (TPSA) is 39.7 Å². The molecule has 0 aliphatic heterocycles. The standard InChI is InChI=1S/C20H26ClNO3/c1-14(2)25-18-8-6-5-7-16(18)13-22-10-9-15-11-20(24-4)17(21)12-19(15)23-3/h5-8,11-12,14,22H,9-10,13H2,1-4H3. The Morgan fingerprint density at radius 3 is 2.36 bits per heavy atom. The Balaban J connectivity index is 1.96. The fraction of sp³-hybridized carbons (Fsp3) is 0.400. The molecule has 0 fully saturated rings. The van der Waals surface area contributed by atoms with Crippen LogP contribution < -0.4 is 19.5 Å². The average Bonchev–Trinajstić information content (AvgIpc) is 2.60. The molecule has 0 amide bonds. The summed E-state index contributed by atoms with van der Waals surface area (Å²) in [5.41, 5.74) is 2.21. The minimum Gasteiger partial charge on any atom is -0.496 e. The number of hydrogen-bond acceptors (Lipinski definition) is 4. The van der Waals surface area contributed by atoms with Crippen LogP contribution in [0.2, 0.25) is 5.02 Å². The van der Waals surface area contributed by atoms with Crippen LogP contribution in [-0.2, 0) is 13.0 Å². The van der Waals surface area contributed by atoms with Crippen molar-refractivity contribution < 1.29 is 14.2 Å². The maximum absolute atomic E-state index is 6.15. The van der Waals surface area contributed by atoms with Crippen molar-refractivity contribution >= 4 is 11.6 Å². The van der Waals surface area contributed by atoms with Crippen molar-refractivity contribution in [2.75, 3.05) is 20.8 Å². The lowest BCUT2D eigenvalue weighted by Crippen LogP contribution is -2.18. The first-order valence-corrected chi connectivity index (χ1v) is 8.78. The van der Waals surface area contributed by atoms with E-state index in [1.807, 2.05) is 38.1 Å². The van der Waals surface area contributed by atoms with Crippen molar-refractivity contribution in [1.82, 2.24) is 5.32 Å². The van der Waals surface area contributed by atoms with Gasteiger partial charge in [0.05, 0.1) is 25.3 Å². The molecule has 5 heteroatoms. The van der Waals surface area contributed by atoms with Crippen LogP contribution in [0.25, 0.3) is 0 Å². The fourth-order valence-electron chi connectivity index (χ4n) is 2.58. The second-order valence-corrected chi connectivity index (χ2v) is 6.41. The van der Waals surface area contributed by atoms with E-state index >= 15 is 0 Å². The number of para-hydroxylation sites is 1. The number of hydrogen-bond donors (Lipinski definition) is 1. The molecule has 1 N–H and O–H groups in total. The monoisotopic (exact) mass is 363 g/mol. The predicted molar refractivity (Wildman–Crippen MR) is 102 cm³/mol. The van der Waals surface area contributed by atoms with Gasteiger partial charge in [-0.25, -0.2) is 0 Å². The van der Waals surface area contributed by atoms with Crippen LogP contribution in [-0.4, -0.2) is 26.9 Å². The lowest BCUT2D eigenvalue weighted by Gasteiger charge is -2.15. The van der Waals surface area contributed by atoms with Gasteiger partial charge in [-0.3, -0.25) is 0 Å². The van der Waals surface area contributed by atoms with Gasteiger partial charge in [-0.2, -0.15) is 0 Å².